The second-order valence-corrected chi connectivity index (χ2v) is 5.57. The molecule has 0 saturated heterocycles. The molecule has 0 spiro atoms. The van der Waals surface area contributed by atoms with E-state index in [1.54, 1.807) is 12.1 Å². The molecule has 2 aromatic rings. The van der Waals surface area contributed by atoms with Crippen molar-refractivity contribution < 1.29 is 9.90 Å². The van der Waals surface area contributed by atoms with E-state index in [0.717, 1.165) is 12.1 Å². The molecule has 0 saturated carbocycles. The molecule has 3 N–H and O–H groups in total. The molecular weight excluding hydrogens is 312 g/mol. The van der Waals surface area contributed by atoms with Gasteiger partial charge in [0.2, 0.25) is 0 Å². The first kappa shape index (κ1) is 17.3. The van der Waals surface area contributed by atoms with Crippen molar-refractivity contribution in [2.45, 2.75) is 12.5 Å². The molecule has 122 valence electrons. The highest BCUT2D eigenvalue weighted by Gasteiger charge is 2.06. The minimum Gasteiger partial charge on any atom is -0.390 e. The zero-order chi connectivity index (χ0) is 16.5. The summed E-state index contributed by atoms with van der Waals surface area (Å²) in [4.78, 5) is 12.1. The van der Waals surface area contributed by atoms with Gasteiger partial charge in [0, 0.05) is 24.3 Å². The second-order valence-electron chi connectivity index (χ2n) is 5.26. The summed E-state index contributed by atoms with van der Waals surface area (Å²) in [5.41, 5.74) is 2.65. The number of nitrogens with one attached hydrogen (secondary N) is 2. The van der Waals surface area contributed by atoms with Crippen LogP contribution in [0.4, 0.5) is 5.69 Å². The van der Waals surface area contributed by atoms with Crippen molar-refractivity contribution in [2.24, 2.45) is 0 Å². The van der Waals surface area contributed by atoms with Gasteiger partial charge >= 0.3 is 0 Å². The fraction of sp³-hybridized carbons (Fsp3) is 0.278. The van der Waals surface area contributed by atoms with E-state index in [9.17, 15) is 9.90 Å². The summed E-state index contributed by atoms with van der Waals surface area (Å²) in [5.74, 6) is 0.0998. The molecule has 0 heterocycles. The number of aliphatic hydroxyl groups excluding tert-OH is 1. The van der Waals surface area contributed by atoms with Crippen LogP contribution in [0.25, 0.3) is 0 Å². The van der Waals surface area contributed by atoms with E-state index in [-0.39, 0.29) is 11.8 Å². The van der Waals surface area contributed by atoms with Gasteiger partial charge in [-0.05, 0) is 36.2 Å². The van der Waals surface area contributed by atoms with E-state index in [0.29, 0.717) is 18.7 Å². The normalized spacial score (nSPS) is 11.7. The van der Waals surface area contributed by atoms with Crippen LogP contribution in [0.5, 0.6) is 0 Å². The molecule has 4 nitrogen and oxygen atoms in total. The molecular formula is C18H21ClN2O2. The Kier molecular flexibility index (Phi) is 6.91. The third-order valence-electron chi connectivity index (χ3n) is 3.41. The molecule has 1 atom stereocenters. The van der Waals surface area contributed by atoms with Crippen LogP contribution in [0, 0.1) is 0 Å². The average molecular weight is 333 g/mol. The van der Waals surface area contributed by atoms with Crippen molar-refractivity contribution in [1.29, 1.82) is 0 Å². The van der Waals surface area contributed by atoms with Crippen molar-refractivity contribution >= 4 is 23.2 Å². The molecule has 5 heteroatoms. The van der Waals surface area contributed by atoms with Gasteiger partial charge in [0.05, 0.1) is 12.0 Å². The number of anilines is 1. The largest absolute Gasteiger partial charge is 0.390 e. The summed E-state index contributed by atoms with van der Waals surface area (Å²) < 4.78 is 0. The van der Waals surface area contributed by atoms with Crippen molar-refractivity contribution in [3.8, 4) is 0 Å². The molecule has 2 aromatic carbocycles. The molecule has 0 radical (unpaired) electrons. The van der Waals surface area contributed by atoms with Gasteiger partial charge in [-0.15, -0.1) is 11.6 Å². The van der Waals surface area contributed by atoms with Crippen molar-refractivity contribution in [3.05, 3.63) is 65.7 Å². The molecule has 1 amide bonds. The molecule has 2 rings (SSSR count). The fourth-order valence-electron chi connectivity index (χ4n) is 2.10. The first-order valence-electron chi connectivity index (χ1n) is 7.59. The zero-order valence-corrected chi connectivity index (χ0v) is 13.6. The minimum absolute atomic E-state index is 0.0896. The molecule has 0 aliphatic heterocycles. The summed E-state index contributed by atoms with van der Waals surface area (Å²) in [6.45, 7) is 0.983. The van der Waals surface area contributed by atoms with E-state index in [1.165, 1.54) is 5.56 Å². The molecule has 0 aromatic heterocycles. The van der Waals surface area contributed by atoms with E-state index < -0.39 is 6.10 Å². The molecule has 0 bridgehead atoms. The SMILES string of the molecule is O=C(NCCc1ccccc1)c1ccc(NCC(O)CCl)cc1. The van der Waals surface area contributed by atoms with Crippen LogP contribution in [0.1, 0.15) is 15.9 Å². The first-order valence-corrected chi connectivity index (χ1v) is 8.12. The smallest absolute Gasteiger partial charge is 0.251 e. The number of carbonyl (C=O) groups excluding carboxylic acids is 1. The maximum Gasteiger partial charge on any atom is 0.251 e. The van der Waals surface area contributed by atoms with Gasteiger partial charge in [0.25, 0.3) is 5.91 Å². The summed E-state index contributed by atoms with van der Waals surface area (Å²) in [6, 6.07) is 17.2. The monoisotopic (exact) mass is 332 g/mol. The Hall–Kier alpha value is -2.04. The molecule has 1 unspecified atom stereocenters. The topological polar surface area (TPSA) is 61.4 Å². The predicted molar refractivity (Wildman–Crippen MR) is 94.1 cm³/mol. The maximum absolute atomic E-state index is 12.1. The standard InChI is InChI=1S/C18H21ClN2O2/c19-12-17(22)13-21-16-8-6-15(7-9-16)18(23)20-11-10-14-4-2-1-3-5-14/h1-9,17,21-22H,10-13H2,(H,20,23). The van der Waals surface area contributed by atoms with Gasteiger partial charge in [-0.1, -0.05) is 30.3 Å². The lowest BCUT2D eigenvalue weighted by Crippen LogP contribution is -2.25. The number of hydrogen-bond acceptors (Lipinski definition) is 3. The van der Waals surface area contributed by atoms with Gasteiger partial charge in [-0.25, -0.2) is 0 Å². The van der Waals surface area contributed by atoms with Gasteiger partial charge in [0.15, 0.2) is 0 Å². The van der Waals surface area contributed by atoms with Gasteiger partial charge in [0.1, 0.15) is 0 Å². The number of benzene rings is 2. The van der Waals surface area contributed by atoms with Gasteiger partial charge in [-0.3, -0.25) is 4.79 Å². The summed E-state index contributed by atoms with van der Waals surface area (Å²) >= 11 is 5.53. The highest BCUT2D eigenvalue weighted by Crippen LogP contribution is 2.10. The predicted octanol–water partition coefficient (Wildman–Crippen LogP) is 2.67. The lowest BCUT2D eigenvalue weighted by molar-refractivity contribution is 0.0954. The Morgan fingerprint density at radius 1 is 1.09 bits per heavy atom. The van der Waals surface area contributed by atoms with E-state index >= 15 is 0 Å². The number of amides is 1. The Balaban J connectivity index is 1.78. The third-order valence-corrected chi connectivity index (χ3v) is 3.77. The number of halogens is 1. The number of hydrogen-bond donors (Lipinski definition) is 3. The van der Waals surface area contributed by atoms with E-state index in [4.69, 9.17) is 11.6 Å². The van der Waals surface area contributed by atoms with Crippen LogP contribution in [-0.4, -0.2) is 36.1 Å². The molecule has 23 heavy (non-hydrogen) atoms. The first-order chi connectivity index (χ1) is 11.2. The fourth-order valence-corrected chi connectivity index (χ4v) is 2.21. The Bertz CT molecular complexity index is 602. The van der Waals surface area contributed by atoms with Crippen LogP contribution in [0.15, 0.2) is 54.6 Å². The summed E-state index contributed by atoms with van der Waals surface area (Å²) in [5, 5.41) is 15.4. The van der Waals surface area contributed by atoms with Crippen molar-refractivity contribution in [3.63, 3.8) is 0 Å². The Morgan fingerprint density at radius 2 is 1.78 bits per heavy atom. The number of alkyl halides is 1. The Labute approximate surface area is 141 Å². The lowest BCUT2D eigenvalue weighted by atomic mass is 10.1. The van der Waals surface area contributed by atoms with E-state index in [2.05, 4.69) is 10.6 Å². The maximum atomic E-state index is 12.1. The molecule has 0 aliphatic rings. The average Bonchev–Trinajstić information content (AvgIpc) is 2.61. The third kappa shape index (κ3) is 5.93. The van der Waals surface area contributed by atoms with Gasteiger partial charge < -0.3 is 15.7 Å². The lowest BCUT2D eigenvalue weighted by Gasteiger charge is -2.10. The van der Waals surface area contributed by atoms with Crippen LogP contribution < -0.4 is 10.6 Å². The van der Waals surface area contributed by atoms with Crippen molar-refractivity contribution in [2.75, 3.05) is 24.3 Å². The van der Waals surface area contributed by atoms with Crippen LogP contribution in [-0.2, 0) is 6.42 Å². The van der Waals surface area contributed by atoms with Crippen LogP contribution >= 0.6 is 11.6 Å². The number of aliphatic hydroxyl groups is 1. The second kappa shape index (κ2) is 9.18. The van der Waals surface area contributed by atoms with Gasteiger partial charge in [-0.2, -0.15) is 0 Å². The highest BCUT2D eigenvalue weighted by atomic mass is 35.5. The molecule has 0 aliphatic carbocycles. The van der Waals surface area contributed by atoms with Crippen LogP contribution in [0.2, 0.25) is 0 Å². The molecule has 0 fully saturated rings. The summed E-state index contributed by atoms with van der Waals surface area (Å²) in [7, 11) is 0. The Morgan fingerprint density at radius 3 is 2.43 bits per heavy atom. The summed E-state index contributed by atoms with van der Waals surface area (Å²) in [6.07, 6.45) is 0.223. The number of carbonyl (C=O) groups is 1. The number of rotatable bonds is 8. The van der Waals surface area contributed by atoms with Crippen molar-refractivity contribution in [1.82, 2.24) is 5.32 Å². The zero-order valence-electron chi connectivity index (χ0n) is 12.8. The van der Waals surface area contributed by atoms with Crippen LogP contribution in [0.3, 0.4) is 0 Å². The quantitative estimate of drug-likeness (QED) is 0.651. The minimum atomic E-state index is -0.586. The highest BCUT2D eigenvalue weighted by molar-refractivity contribution is 6.18. The van der Waals surface area contributed by atoms with E-state index in [1.807, 2.05) is 42.5 Å².